The van der Waals surface area contributed by atoms with Crippen molar-refractivity contribution in [2.75, 3.05) is 30.4 Å². The van der Waals surface area contributed by atoms with E-state index >= 15 is 0 Å². The van der Waals surface area contributed by atoms with Gasteiger partial charge in [0.2, 0.25) is 5.91 Å². The molecule has 0 saturated carbocycles. The van der Waals surface area contributed by atoms with E-state index in [1.54, 1.807) is 53.3 Å². The molecule has 9 heteroatoms. The number of alkyl halides is 3. The van der Waals surface area contributed by atoms with Crippen molar-refractivity contribution in [2.45, 2.75) is 25.6 Å². The number of carbonyl (C=O) groups excluding carboxylic acids is 2. The van der Waals surface area contributed by atoms with Crippen LogP contribution < -0.4 is 15.0 Å². The van der Waals surface area contributed by atoms with Crippen molar-refractivity contribution < 1.29 is 27.5 Å². The van der Waals surface area contributed by atoms with Gasteiger partial charge in [-0.15, -0.1) is 0 Å². The van der Waals surface area contributed by atoms with E-state index in [0.717, 1.165) is 17.7 Å². The molecule has 0 spiro atoms. The number of nitrogens with zero attached hydrogens (tertiary/aromatic N) is 2. The molecule has 6 nitrogen and oxygen atoms in total. The summed E-state index contributed by atoms with van der Waals surface area (Å²) in [6.45, 7) is 1.06. The Morgan fingerprint density at radius 1 is 0.972 bits per heavy atom. The number of anilines is 2. The summed E-state index contributed by atoms with van der Waals surface area (Å²) in [5.74, 6) is 0.496. The molecule has 0 unspecified atom stereocenters. The van der Waals surface area contributed by atoms with Gasteiger partial charge in [-0.2, -0.15) is 13.2 Å². The molecule has 1 fully saturated rings. The van der Waals surface area contributed by atoms with Crippen molar-refractivity contribution >= 4 is 23.3 Å². The van der Waals surface area contributed by atoms with Crippen LogP contribution in [0.25, 0.3) is 0 Å². The summed E-state index contributed by atoms with van der Waals surface area (Å²) in [6, 6.07) is 19.0. The van der Waals surface area contributed by atoms with Crippen LogP contribution in [0.2, 0.25) is 0 Å². The number of halogens is 3. The van der Waals surface area contributed by atoms with E-state index in [1.165, 1.54) is 6.07 Å². The highest BCUT2D eigenvalue weighted by Gasteiger charge is 2.31. The summed E-state index contributed by atoms with van der Waals surface area (Å²) in [6.07, 6.45) is -3.56. The Bertz CT molecular complexity index is 1230. The van der Waals surface area contributed by atoms with E-state index in [0.29, 0.717) is 42.2 Å². The average Bonchev–Trinajstić information content (AvgIpc) is 2.86. The molecule has 36 heavy (non-hydrogen) atoms. The van der Waals surface area contributed by atoms with Crippen LogP contribution in [-0.2, 0) is 23.9 Å². The molecule has 0 radical (unpaired) electrons. The van der Waals surface area contributed by atoms with Crippen LogP contribution in [0.15, 0.2) is 72.8 Å². The standard InChI is InChI=1S/C27H26F3N3O3/c1-36-24-8-3-5-19(16-24)17-25(34)31-22-9-11-23(12-10-22)33-14-4-13-32(26(33)35)18-20-6-2-7-21(15-20)27(28,29)30/h2-3,5-12,15-16H,4,13-14,17-18H2,1H3,(H,31,34). The lowest BCUT2D eigenvalue weighted by Crippen LogP contribution is -2.49. The highest BCUT2D eigenvalue weighted by Crippen LogP contribution is 2.30. The number of methoxy groups -OCH3 is 1. The Kier molecular flexibility index (Phi) is 7.47. The zero-order valence-electron chi connectivity index (χ0n) is 19.7. The lowest BCUT2D eigenvalue weighted by Gasteiger charge is -2.35. The third-order valence-corrected chi connectivity index (χ3v) is 5.90. The molecule has 0 bridgehead atoms. The van der Waals surface area contributed by atoms with Gasteiger partial charge in [-0.05, 0) is 66.1 Å². The lowest BCUT2D eigenvalue weighted by atomic mass is 10.1. The molecule has 1 aliphatic heterocycles. The summed E-state index contributed by atoms with van der Waals surface area (Å²) >= 11 is 0. The second kappa shape index (κ2) is 10.7. The van der Waals surface area contributed by atoms with Gasteiger partial charge in [0.25, 0.3) is 0 Å². The minimum Gasteiger partial charge on any atom is -0.497 e. The van der Waals surface area contributed by atoms with Crippen LogP contribution in [0.1, 0.15) is 23.1 Å². The van der Waals surface area contributed by atoms with Gasteiger partial charge in [-0.25, -0.2) is 4.79 Å². The molecule has 3 aromatic rings. The lowest BCUT2D eigenvalue weighted by molar-refractivity contribution is -0.137. The number of rotatable bonds is 7. The predicted octanol–water partition coefficient (Wildman–Crippen LogP) is 5.73. The summed E-state index contributed by atoms with van der Waals surface area (Å²) in [5.41, 5.74) is 1.76. The summed E-state index contributed by atoms with van der Waals surface area (Å²) in [7, 11) is 1.57. The first kappa shape index (κ1) is 25.1. The van der Waals surface area contributed by atoms with Gasteiger partial charge in [0.1, 0.15) is 5.75 Å². The SMILES string of the molecule is COc1cccc(CC(=O)Nc2ccc(N3CCCN(Cc4cccc(C(F)(F)F)c4)C3=O)cc2)c1. The van der Waals surface area contributed by atoms with Crippen molar-refractivity contribution in [3.63, 3.8) is 0 Å². The van der Waals surface area contributed by atoms with Gasteiger partial charge < -0.3 is 15.0 Å². The fourth-order valence-electron chi connectivity index (χ4n) is 4.13. The van der Waals surface area contributed by atoms with Crippen molar-refractivity contribution in [2.24, 2.45) is 0 Å². The smallest absolute Gasteiger partial charge is 0.416 e. The molecule has 0 atom stereocenters. The van der Waals surface area contributed by atoms with E-state index in [-0.39, 0.29) is 24.9 Å². The maximum Gasteiger partial charge on any atom is 0.416 e. The Hall–Kier alpha value is -4.01. The normalized spacial score (nSPS) is 14.1. The minimum absolute atomic E-state index is 0.0949. The Labute approximate surface area is 207 Å². The molecule has 0 aromatic heterocycles. The van der Waals surface area contributed by atoms with Gasteiger partial charge in [0, 0.05) is 31.0 Å². The summed E-state index contributed by atoms with van der Waals surface area (Å²) in [5, 5.41) is 2.84. The topological polar surface area (TPSA) is 61.9 Å². The summed E-state index contributed by atoms with van der Waals surface area (Å²) in [4.78, 5) is 28.6. The fourth-order valence-corrected chi connectivity index (χ4v) is 4.13. The van der Waals surface area contributed by atoms with Gasteiger partial charge >= 0.3 is 12.2 Å². The number of benzene rings is 3. The maximum atomic E-state index is 13.1. The fraction of sp³-hybridized carbons (Fsp3) is 0.259. The van der Waals surface area contributed by atoms with Crippen LogP contribution >= 0.6 is 0 Å². The van der Waals surface area contributed by atoms with Crippen LogP contribution in [-0.4, -0.2) is 37.0 Å². The van der Waals surface area contributed by atoms with E-state index in [1.807, 2.05) is 18.2 Å². The minimum atomic E-state index is -4.43. The molecular weight excluding hydrogens is 471 g/mol. The van der Waals surface area contributed by atoms with Crippen LogP contribution in [0.5, 0.6) is 5.75 Å². The number of carbonyl (C=O) groups is 2. The average molecular weight is 498 g/mol. The molecule has 0 aliphatic carbocycles. The van der Waals surface area contributed by atoms with E-state index in [2.05, 4.69) is 5.32 Å². The monoisotopic (exact) mass is 497 g/mol. The number of nitrogens with one attached hydrogen (secondary N) is 1. The molecule has 4 rings (SSSR count). The van der Waals surface area contributed by atoms with E-state index < -0.39 is 11.7 Å². The van der Waals surface area contributed by atoms with Crippen molar-refractivity contribution in [3.05, 3.63) is 89.5 Å². The quantitative estimate of drug-likeness (QED) is 0.454. The van der Waals surface area contributed by atoms with Gasteiger partial charge in [0.15, 0.2) is 0 Å². The van der Waals surface area contributed by atoms with Gasteiger partial charge in [-0.3, -0.25) is 9.69 Å². The highest BCUT2D eigenvalue weighted by atomic mass is 19.4. The van der Waals surface area contributed by atoms with Gasteiger partial charge in [-0.1, -0.05) is 24.3 Å². The maximum absolute atomic E-state index is 13.1. The third-order valence-electron chi connectivity index (χ3n) is 5.90. The van der Waals surface area contributed by atoms with Crippen molar-refractivity contribution in [1.82, 2.24) is 4.90 Å². The van der Waals surface area contributed by atoms with Crippen LogP contribution in [0.4, 0.5) is 29.3 Å². The number of urea groups is 1. The molecule has 1 N–H and O–H groups in total. The highest BCUT2D eigenvalue weighted by molar-refractivity contribution is 5.94. The van der Waals surface area contributed by atoms with Crippen molar-refractivity contribution in [1.29, 1.82) is 0 Å². The first-order chi connectivity index (χ1) is 17.2. The summed E-state index contributed by atoms with van der Waals surface area (Å²) < 4.78 is 44.3. The van der Waals surface area contributed by atoms with E-state index in [9.17, 15) is 22.8 Å². The molecule has 188 valence electrons. The van der Waals surface area contributed by atoms with Gasteiger partial charge in [0.05, 0.1) is 19.1 Å². The van der Waals surface area contributed by atoms with Crippen LogP contribution in [0, 0.1) is 0 Å². The molecule has 3 amide bonds. The Morgan fingerprint density at radius 3 is 2.42 bits per heavy atom. The zero-order chi connectivity index (χ0) is 25.7. The molecule has 3 aromatic carbocycles. The molecule has 1 aliphatic rings. The number of hydrogen-bond acceptors (Lipinski definition) is 3. The van der Waals surface area contributed by atoms with Crippen molar-refractivity contribution in [3.8, 4) is 5.75 Å². The van der Waals surface area contributed by atoms with Crippen LogP contribution in [0.3, 0.4) is 0 Å². The number of amides is 3. The molecule has 1 saturated heterocycles. The largest absolute Gasteiger partial charge is 0.497 e. The second-order valence-corrected chi connectivity index (χ2v) is 8.53. The number of hydrogen-bond donors (Lipinski definition) is 1. The van der Waals surface area contributed by atoms with E-state index in [4.69, 9.17) is 4.74 Å². The predicted molar refractivity (Wildman–Crippen MR) is 131 cm³/mol. The second-order valence-electron chi connectivity index (χ2n) is 8.53. The molecular formula is C27H26F3N3O3. The zero-order valence-corrected chi connectivity index (χ0v) is 19.7. The third kappa shape index (κ3) is 6.16. The number of ether oxygens (including phenoxy) is 1. The Morgan fingerprint density at radius 2 is 1.69 bits per heavy atom. The molecule has 1 heterocycles. The Balaban J connectivity index is 1.38. The first-order valence-electron chi connectivity index (χ1n) is 11.5. The first-order valence-corrected chi connectivity index (χ1v) is 11.5.